The van der Waals surface area contributed by atoms with E-state index in [9.17, 15) is 14.4 Å². The highest BCUT2D eigenvalue weighted by Gasteiger charge is 2.27. The Morgan fingerprint density at radius 1 is 1.17 bits per heavy atom. The normalized spacial score (nSPS) is 12.5. The van der Waals surface area contributed by atoms with Crippen LogP contribution in [-0.2, 0) is 17.8 Å². The van der Waals surface area contributed by atoms with E-state index < -0.39 is 12.0 Å². The number of hydrogen-bond donors (Lipinski definition) is 3. The smallest absolute Gasteiger partial charge is 0.404 e. The van der Waals surface area contributed by atoms with Gasteiger partial charge in [-0.3, -0.25) is 19.6 Å². The molecule has 5 N–H and O–H groups in total. The van der Waals surface area contributed by atoms with Gasteiger partial charge in [-0.2, -0.15) is 5.10 Å². The lowest BCUT2D eigenvalue weighted by Gasteiger charge is -2.29. The van der Waals surface area contributed by atoms with Gasteiger partial charge in [0, 0.05) is 18.7 Å². The zero-order chi connectivity index (χ0) is 25.9. The number of carbonyl (C=O) groups is 3. The summed E-state index contributed by atoms with van der Waals surface area (Å²) in [6.07, 6.45) is -0.0164. The zero-order valence-electron chi connectivity index (χ0n) is 20.8. The highest BCUT2D eigenvalue weighted by atomic mass is 16.6. The monoisotopic (exact) mass is 483 g/mol. The van der Waals surface area contributed by atoms with E-state index >= 15 is 0 Å². The number of aryl methyl sites for hydroxylation is 3. The van der Waals surface area contributed by atoms with Crippen molar-refractivity contribution in [1.82, 2.24) is 19.3 Å². The minimum absolute atomic E-state index is 0.296. The first-order chi connectivity index (χ1) is 16.4. The van der Waals surface area contributed by atoms with Crippen molar-refractivity contribution in [2.75, 3.05) is 5.32 Å². The van der Waals surface area contributed by atoms with E-state index in [1.807, 2.05) is 39.2 Å². The molecule has 0 saturated carbocycles. The average Bonchev–Trinajstić information content (AvgIpc) is 3.31. The first-order valence-corrected chi connectivity index (χ1v) is 11.5. The number of hydrogen-bond acceptors (Lipinski definition) is 6. The lowest BCUT2D eigenvalue weighted by Crippen LogP contribution is -2.34. The second-order valence-electron chi connectivity index (χ2n) is 9.53. The molecule has 0 spiro atoms. The number of benzene rings is 1. The Kier molecular flexibility index (Phi) is 7.47. The second kappa shape index (κ2) is 10.2. The minimum Gasteiger partial charge on any atom is -0.446 e. The van der Waals surface area contributed by atoms with Gasteiger partial charge in [-0.1, -0.05) is 20.8 Å². The van der Waals surface area contributed by atoms with Gasteiger partial charge in [0.15, 0.2) is 0 Å². The fraction of sp³-hybridized carbons (Fsp3) is 0.458. The van der Waals surface area contributed by atoms with Crippen molar-refractivity contribution in [3.05, 3.63) is 41.2 Å². The molecular formula is C24H33N7O4. The minimum atomic E-state index is -0.812. The molecule has 11 heteroatoms. The first-order valence-electron chi connectivity index (χ1n) is 11.5. The Morgan fingerprint density at radius 2 is 1.89 bits per heavy atom. The largest absolute Gasteiger partial charge is 0.446 e. The van der Waals surface area contributed by atoms with Crippen molar-refractivity contribution in [2.24, 2.45) is 16.9 Å². The molecule has 11 nitrogen and oxygen atoms in total. The third-order valence-electron chi connectivity index (χ3n) is 5.76. The number of fused-ring (bicyclic) bond motifs is 1. The van der Waals surface area contributed by atoms with Gasteiger partial charge in [-0.25, -0.2) is 9.78 Å². The van der Waals surface area contributed by atoms with Crippen LogP contribution in [0.25, 0.3) is 11.0 Å². The summed E-state index contributed by atoms with van der Waals surface area (Å²) >= 11 is 0. The number of rotatable bonds is 9. The van der Waals surface area contributed by atoms with E-state index in [1.54, 1.807) is 28.9 Å². The van der Waals surface area contributed by atoms with Crippen LogP contribution >= 0.6 is 0 Å². The maximum absolute atomic E-state index is 13.1. The van der Waals surface area contributed by atoms with Gasteiger partial charge in [0.25, 0.3) is 5.91 Å². The lowest BCUT2D eigenvalue weighted by atomic mass is 9.86. The number of aromatic nitrogens is 4. The SMILES string of the molecule is CCn1nc(C)cc1C(=O)Nc1nc2cc(C(N)=O)ccc2n1CCCC(OC(N)=O)C(C)(C)C. The number of ether oxygens (including phenoxy) is 1. The molecule has 2 heterocycles. The summed E-state index contributed by atoms with van der Waals surface area (Å²) in [6.45, 7) is 10.7. The number of nitrogens with one attached hydrogen (secondary N) is 1. The molecule has 1 atom stereocenters. The summed E-state index contributed by atoms with van der Waals surface area (Å²) in [5.74, 6) is -0.578. The molecule has 0 aliphatic heterocycles. The van der Waals surface area contributed by atoms with Crippen molar-refractivity contribution in [1.29, 1.82) is 0 Å². The van der Waals surface area contributed by atoms with Crippen molar-refractivity contribution in [3.63, 3.8) is 0 Å². The van der Waals surface area contributed by atoms with Crippen LogP contribution in [0.3, 0.4) is 0 Å². The van der Waals surface area contributed by atoms with E-state index in [0.717, 1.165) is 11.2 Å². The van der Waals surface area contributed by atoms with Crippen molar-refractivity contribution < 1.29 is 19.1 Å². The molecule has 0 radical (unpaired) electrons. The van der Waals surface area contributed by atoms with Gasteiger partial charge in [0.2, 0.25) is 11.9 Å². The zero-order valence-corrected chi connectivity index (χ0v) is 20.8. The molecule has 0 bridgehead atoms. The summed E-state index contributed by atoms with van der Waals surface area (Å²) in [6, 6.07) is 6.68. The van der Waals surface area contributed by atoms with Crippen molar-refractivity contribution >= 4 is 34.9 Å². The van der Waals surface area contributed by atoms with Crippen LogP contribution in [0.1, 0.15) is 67.1 Å². The maximum Gasteiger partial charge on any atom is 0.404 e. The Morgan fingerprint density at radius 3 is 2.49 bits per heavy atom. The first kappa shape index (κ1) is 25.7. The number of primary amides is 2. The fourth-order valence-corrected chi connectivity index (χ4v) is 3.98. The number of nitrogens with two attached hydrogens (primary N) is 2. The van der Waals surface area contributed by atoms with Gasteiger partial charge in [0.05, 0.1) is 16.7 Å². The molecule has 188 valence electrons. The molecule has 3 amide bonds. The highest BCUT2D eigenvalue weighted by Crippen LogP contribution is 2.28. The van der Waals surface area contributed by atoms with Crippen LogP contribution in [0.15, 0.2) is 24.3 Å². The topological polar surface area (TPSA) is 160 Å². The number of carbonyl (C=O) groups excluding carboxylic acids is 3. The summed E-state index contributed by atoms with van der Waals surface area (Å²) in [5.41, 5.74) is 13.1. The quantitative estimate of drug-likeness (QED) is 0.423. The molecule has 35 heavy (non-hydrogen) atoms. The van der Waals surface area contributed by atoms with Gasteiger partial charge in [-0.15, -0.1) is 0 Å². The highest BCUT2D eigenvalue weighted by molar-refractivity contribution is 6.03. The number of anilines is 1. The Labute approximate surface area is 203 Å². The van der Waals surface area contributed by atoms with E-state index in [0.29, 0.717) is 48.7 Å². The molecule has 0 aliphatic carbocycles. The lowest BCUT2D eigenvalue weighted by molar-refractivity contribution is 0.0295. The number of imidazole rings is 1. The fourth-order valence-electron chi connectivity index (χ4n) is 3.98. The van der Waals surface area contributed by atoms with Crippen LogP contribution in [0, 0.1) is 12.3 Å². The molecule has 0 aliphatic rings. The summed E-state index contributed by atoms with van der Waals surface area (Å²) < 4.78 is 8.81. The molecule has 3 rings (SSSR count). The molecule has 2 aromatic heterocycles. The van der Waals surface area contributed by atoms with Gasteiger partial charge >= 0.3 is 6.09 Å². The van der Waals surface area contributed by atoms with Gasteiger partial charge in [0.1, 0.15) is 11.8 Å². The van der Waals surface area contributed by atoms with Crippen LogP contribution in [0.4, 0.5) is 10.7 Å². The Balaban J connectivity index is 1.92. The predicted molar refractivity (Wildman–Crippen MR) is 132 cm³/mol. The predicted octanol–water partition coefficient (Wildman–Crippen LogP) is 3.20. The van der Waals surface area contributed by atoms with E-state index in [4.69, 9.17) is 16.2 Å². The van der Waals surface area contributed by atoms with Gasteiger partial charge in [-0.05, 0) is 56.4 Å². The van der Waals surface area contributed by atoms with Crippen LogP contribution in [0.5, 0.6) is 0 Å². The Bertz CT molecular complexity index is 1250. The molecular weight excluding hydrogens is 450 g/mol. The summed E-state index contributed by atoms with van der Waals surface area (Å²) in [4.78, 5) is 40.7. The van der Waals surface area contributed by atoms with E-state index in [-0.39, 0.29) is 17.4 Å². The second-order valence-corrected chi connectivity index (χ2v) is 9.53. The molecule has 1 unspecified atom stereocenters. The summed E-state index contributed by atoms with van der Waals surface area (Å²) in [7, 11) is 0. The van der Waals surface area contributed by atoms with Crippen LogP contribution in [-0.4, -0.2) is 43.3 Å². The Hall–Kier alpha value is -3.89. The van der Waals surface area contributed by atoms with Crippen LogP contribution < -0.4 is 16.8 Å². The maximum atomic E-state index is 13.1. The third kappa shape index (κ3) is 5.97. The van der Waals surface area contributed by atoms with E-state index in [1.165, 1.54) is 0 Å². The molecule has 3 aromatic rings. The number of amides is 3. The third-order valence-corrected chi connectivity index (χ3v) is 5.76. The molecule has 0 fully saturated rings. The van der Waals surface area contributed by atoms with Gasteiger partial charge < -0.3 is 20.8 Å². The molecule has 1 aromatic carbocycles. The van der Waals surface area contributed by atoms with Crippen molar-refractivity contribution in [2.45, 2.75) is 66.7 Å². The van der Waals surface area contributed by atoms with Crippen molar-refractivity contribution in [3.8, 4) is 0 Å². The van der Waals surface area contributed by atoms with E-state index in [2.05, 4.69) is 15.4 Å². The average molecular weight is 484 g/mol. The number of nitrogens with zero attached hydrogens (tertiary/aromatic N) is 4. The standard InChI is InChI=1S/C24H33N7O4/c1-6-31-18(12-14(2)29-31)21(33)28-23-27-16-13-15(20(25)32)9-10-17(16)30(23)11-7-8-19(24(3,4)5)35-22(26)34/h9-10,12-13,19H,6-8,11H2,1-5H3,(H2,25,32)(H2,26,34)(H,27,28,33). The summed E-state index contributed by atoms with van der Waals surface area (Å²) in [5, 5.41) is 7.21. The molecule has 0 saturated heterocycles. The van der Waals surface area contributed by atoms with Crippen LogP contribution in [0.2, 0.25) is 0 Å².